The van der Waals surface area contributed by atoms with Crippen molar-refractivity contribution in [2.45, 2.75) is 13.8 Å². The number of morpholine rings is 1. The lowest BCUT2D eigenvalue weighted by atomic mass is 9.97. The van der Waals surface area contributed by atoms with E-state index in [0.717, 1.165) is 4.68 Å². The molecule has 3 aromatic carbocycles. The van der Waals surface area contributed by atoms with E-state index in [1.54, 1.807) is 68.4 Å². The average molecular weight is 543 g/mol. The van der Waals surface area contributed by atoms with Gasteiger partial charge in [0.25, 0.3) is 11.2 Å². The second-order valence-electron chi connectivity index (χ2n) is 9.31. The van der Waals surface area contributed by atoms with Gasteiger partial charge in [-0.05, 0) is 50.2 Å². The zero-order valence-corrected chi connectivity index (χ0v) is 21.8. The number of nitro groups is 1. The summed E-state index contributed by atoms with van der Waals surface area (Å²) in [5.41, 5.74) is 2.51. The minimum absolute atomic E-state index is 0.0311. The van der Waals surface area contributed by atoms with Gasteiger partial charge in [-0.15, -0.1) is 0 Å². The number of aromatic nitrogens is 2. The van der Waals surface area contributed by atoms with Crippen molar-refractivity contribution in [3.8, 4) is 16.9 Å². The maximum Gasteiger partial charge on any atom is 0.295 e. The number of fused-ring (bicyclic) bond motifs is 1. The molecule has 40 heavy (non-hydrogen) atoms. The molecule has 0 saturated carbocycles. The lowest BCUT2D eigenvalue weighted by molar-refractivity contribution is -0.384. The fourth-order valence-electron chi connectivity index (χ4n) is 4.72. The first kappa shape index (κ1) is 26.5. The number of rotatable bonds is 6. The van der Waals surface area contributed by atoms with Crippen LogP contribution in [0.2, 0.25) is 0 Å². The first-order chi connectivity index (χ1) is 19.3. The Balaban J connectivity index is 1.82. The van der Waals surface area contributed by atoms with E-state index in [4.69, 9.17) is 4.74 Å². The number of hydrogen-bond acceptors (Lipinski definition) is 10. The van der Waals surface area contributed by atoms with Crippen molar-refractivity contribution >= 4 is 33.6 Å². The summed E-state index contributed by atoms with van der Waals surface area (Å²) in [6.07, 6.45) is 0. The van der Waals surface area contributed by atoms with Crippen molar-refractivity contribution in [2.24, 2.45) is 10.3 Å². The van der Waals surface area contributed by atoms with E-state index in [2.05, 4.69) is 15.4 Å². The quantitative estimate of drug-likeness (QED) is 0.159. The molecular formula is C28H26N6O6. The summed E-state index contributed by atoms with van der Waals surface area (Å²) in [7, 11) is 0. The largest absolute Gasteiger partial charge is 0.411 e. The van der Waals surface area contributed by atoms with E-state index in [-0.39, 0.29) is 11.4 Å². The van der Waals surface area contributed by atoms with E-state index in [1.807, 2.05) is 4.90 Å². The van der Waals surface area contributed by atoms with Gasteiger partial charge in [0.1, 0.15) is 5.69 Å². The molecule has 204 valence electrons. The predicted octanol–water partition coefficient (Wildman–Crippen LogP) is 4.19. The van der Waals surface area contributed by atoms with Crippen molar-refractivity contribution in [1.29, 1.82) is 0 Å². The summed E-state index contributed by atoms with van der Waals surface area (Å²) in [5, 5.41) is 43.0. The van der Waals surface area contributed by atoms with E-state index >= 15 is 0 Å². The van der Waals surface area contributed by atoms with Crippen LogP contribution in [0.3, 0.4) is 0 Å². The Labute approximate surface area is 228 Å². The number of ether oxygens (including phenoxy) is 1. The van der Waals surface area contributed by atoms with Crippen LogP contribution in [0.25, 0.3) is 27.7 Å². The first-order valence-electron chi connectivity index (χ1n) is 12.5. The number of hydrogen-bond donors (Lipinski definition) is 2. The van der Waals surface area contributed by atoms with Crippen molar-refractivity contribution in [2.75, 3.05) is 31.2 Å². The summed E-state index contributed by atoms with van der Waals surface area (Å²) in [4.78, 5) is 27.3. The van der Waals surface area contributed by atoms with Crippen LogP contribution < -0.4 is 10.5 Å². The fraction of sp³-hybridized carbons (Fsp3) is 0.214. The molecule has 1 aromatic heterocycles. The highest BCUT2D eigenvalue weighted by atomic mass is 16.6. The summed E-state index contributed by atoms with van der Waals surface area (Å²) in [6, 6.07) is 16.7. The van der Waals surface area contributed by atoms with Gasteiger partial charge in [-0.1, -0.05) is 28.5 Å². The second kappa shape index (κ2) is 10.9. The third kappa shape index (κ3) is 4.87. The normalized spacial score (nSPS) is 14.5. The molecule has 1 fully saturated rings. The summed E-state index contributed by atoms with van der Waals surface area (Å²) in [5.74, 6) is 0. The Morgan fingerprint density at radius 2 is 1.57 bits per heavy atom. The lowest BCUT2D eigenvalue weighted by Crippen LogP contribution is -2.36. The van der Waals surface area contributed by atoms with Gasteiger partial charge in [0.15, 0.2) is 0 Å². The molecule has 0 aliphatic carbocycles. The van der Waals surface area contributed by atoms with Crippen molar-refractivity contribution in [1.82, 2.24) is 9.78 Å². The van der Waals surface area contributed by atoms with Crippen LogP contribution in [0.15, 0.2) is 75.8 Å². The van der Waals surface area contributed by atoms with Crippen molar-refractivity contribution in [3.63, 3.8) is 0 Å². The molecule has 12 heteroatoms. The Hall–Kier alpha value is -5.10. The molecular weight excluding hydrogens is 516 g/mol. The molecule has 5 rings (SSSR count). The SMILES string of the molecule is C/C(=N\O)c1cc(/C(C)=N/O)cc(-c2nn(-c3cc(N4CCOCC4)ccc3[N+](=O)[O-])c(=O)c3ccccc23)c1. The highest BCUT2D eigenvalue weighted by Gasteiger charge is 2.23. The average Bonchev–Trinajstić information content (AvgIpc) is 3.00. The molecule has 1 aliphatic heterocycles. The molecule has 2 heterocycles. The number of benzene rings is 3. The summed E-state index contributed by atoms with van der Waals surface area (Å²) in [6.45, 7) is 5.49. The van der Waals surface area contributed by atoms with Crippen LogP contribution in [0, 0.1) is 10.1 Å². The molecule has 1 saturated heterocycles. The Bertz CT molecular complexity index is 1700. The molecule has 0 amide bonds. The Morgan fingerprint density at radius 1 is 0.950 bits per heavy atom. The van der Waals surface area contributed by atoms with E-state index in [0.29, 0.717) is 76.6 Å². The Kier molecular flexibility index (Phi) is 7.25. The van der Waals surface area contributed by atoms with Gasteiger partial charge >= 0.3 is 0 Å². The first-order valence-corrected chi connectivity index (χ1v) is 12.5. The summed E-state index contributed by atoms with van der Waals surface area (Å²) >= 11 is 0. The number of nitro benzene ring substituents is 1. The van der Waals surface area contributed by atoms with Crippen LogP contribution in [0.5, 0.6) is 0 Å². The van der Waals surface area contributed by atoms with Gasteiger partial charge in [-0.2, -0.15) is 9.78 Å². The van der Waals surface area contributed by atoms with Crippen LogP contribution in [-0.4, -0.2) is 62.8 Å². The highest BCUT2D eigenvalue weighted by Crippen LogP contribution is 2.31. The third-order valence-corrected chi connectivity index (χ3v) is 6.91. The molecule has 0 bridgehead atoms. The molecule has 2 N–H and O–H groups in total. The number of anilines is 1. The maximum atomic E-state index is 13.8. The van der Waals surface area contributed by atoms with Crippen LogP contribution in [0.4, 0.5) is 11.4 Å². The minimum atomic E-state index is -0.539. The topological polar surface area (TPSA) is 156 Å². The molecule has 0 atom stereocenters. The Morgan fingerprint density at radius 3 is 2.17 bits per heavy atom. The molecule has 12 nitrogen and oxygen atoms in total. The lowest BCUT2D eigenvalue weighted by Gasteiger charge is -2.29. The van der Waals surface area contributed by atoms with Gasteiger partial charge in [-0.25, -0.2) is 0 Å². The minimum Gasteiger partial charge on any atom is -0.411 e. The zero-order valence-electron chi connectivity index (χ0n) is 21.8. The van der Waals surface area contributed by atoms with Crippen molar-refractivity contribution < 1.29 is 20.1 Å². The van der Waals surface area contributed by atoms with E-state index in [1.165, 1.54) is 6.07 Å². The number of nitrogens with zero attached hydrogens (tertiary/aromatic N) is 6. The molecule has 1 aliphatic rings. The summed E-state index contributed by atoms with van der Waals surface area (Å²) < 4.78 is 6.50. The van der Waals surface area contributed by atoms with Gasteiger partial charge in [0.05, 0.1) is 40.6 Å². The molecule has 4 aromatic rings. The van der Waals surface area contributed by atoms with Gasteiger partial charge in [-0.3, -0.25) is 14.9 Å². The zero-order chi connectivity index (χ0) is 28.4. The van der Waals surface area contributed by atoms with Crippen LogP contribution in [0.1, 0.15) is 25.0 Å². The maximum absolute atomic E-state index is 13.8. The molecule has 0 unspecified atom stereocenters. The monoisotopic (exact) mass is 542 g/mol. The second-order valence-corrected chi connectivity index (χ2v) is 9.31. The fourth-order valence-corrected chi connectivity index (χ4v) is 4.72. The predicted molar refractivity (Wildman–Crippen MR) is 150 cm³/mol. The number of oxime groups is 2. The van der Waals surface area contributed by atoms with Gasteiger partial charge in [0, 0.05) is 46.9 Å². The van der Waals surface area contributed by atoms with Crippen molar-refractivity contribution in [3.05, 3.63) is 92.3 Å². The van der Waals surface area contributed by atoms with Crippen LogP contribution in [-0.2, 0) is 4.74 Å². The molecule has 0 spiro atoms. The van der Waals surface area contributed by atoms with E-state index in [9.17, 15) is 25.3 Å². The van der Waals surface area contributed by atoms with E-state index < -0.39 is 10.5 Å². The third-order valence-electron chi connectivity index (χ3n) is 6.91. The standard InChI is InChI=1S/C28H26N6O6/c1-17(30-36)19-13-20(18(2)31-37)15-21(14-19)27-23-5-3-4-6-24(23)28(35)33(29-27)26-16-22(7-8-25(26)34(38)39)32-9-11-40-12-10-32/h3-8,13-16,36-37H,9-12H2,1-2H3/b30-17+,31-18+. The smallest absolute Gasteiger partial charge is 0.295 e. The highest BCUT2D eigenvalue weighted by molar-refractivity contribution is 6.06. The molecule has 0 radical (unpaired) electrons. The van der Waals surface area contributed by atoms with Crippen LogP contribution >= 0.6 is 0 Å². The van der Waals surface area contributed by atoms with Gasteiger partial charge < -0.3 is 20.1 Å². The van der Waals surface area contributed by atoms with Gasteiger partial charge in [0.2, 0.25) is 0 Å².